The Morgan fingerprint density at radius 3 is 2.16 bits per heavy atom. The van der Waals surface area contributed by atoms with Crippen molar-refractivity contribution < 1.29 is 13.2 Å². The van der Waals surface area contributed by atoms with Gasteiger partial charge in [0.15, 0.2) is 0 Å². The molecule has 5 heteroatoms. The van der Waals surface area contributed by atoms with E-state index in [0.29, 0.717) is 17.4 Å². The largest absolute Gasteiger partial charge is 0.416 e. The molecule has 1 unspecified atom stereocenters. The first-order valence-electron chi connectivity index (χ1n) is 9.42. The zero-order valence-corrected chi connectivity index (χ0v) is 15.2. The van der Waals surface area contributed by atoms with Gasteiger partial charge in [0.2, 0.25) is 0 Å². The van der Waals surface area contributed by atoms with Crippen LogP contribution in [-0.4, -0.2) is 36.6 Å². The number of nitrogens with one attached hydrogen (secondary N) is 1. The predicted molar refractivity (Wildman–Crippen MR) is 94.7 cm³/mol. The summed E-state index contributed by atoms with van der Waals surface area (Å²) in [6.07, 6.45) is 0.409. The van der Waals surface area contributed by atoms with Crippen molar-refractivity contribution >= 4 is 0 Å². The van der Waals surface area contributed by atoms with Crippen LogP contribution < -0.4 is 5.32 Å². The normalized spacial score (nSPS) is 24.2. The molecule has 2 saturated heterocycles. The Balaban J connectivity index is 1.59. The van der Waals surface area contributed by atoms with E-state index in [-0.39, 0.29) is 0 Å². The highest BCUT2D eigenvalue weighted by Gasteiger charge is 2.36. The van der Waals surface area contributed by atoms with Gasteiger partial charge in [-0.3, -0.25) is 4.90 Å². The van der Waals surface area contributed by atoms with E-state index < -0.39 is 11.7 Å². The maximum atomic E-state index is 12.7. The summed E-state index contributed by atoms with van der Waals surface area (Å²) >= 11 is 0. The molecule has 2 aliphatic rings. The second-order valence-corrected chi connectivity index (χ2v) is 7.98. The molecular formula is C20H29F3N2. The van der Waals surface area contributed by atoms with Gasteiger partial charge in [0.25, 0.3) is 0 Å². The second kappa shape index (κ2) is 7.28. The van der Waals surface area contributed by atoms with Crippen LogP contribution in [0.2, 0.25) is 0 Å². The van der Waals surface area contributed by atoms with Gasteiger partial charge < -0.3 is 5.32 Å². The minimum Gasteiger partial charge on any atom is -0.317 e. The molecule has 2 aliphatic heterocycles. The first kappa shape index (κ1) is 18.7. The molecule has 1 aromatic rings. The Morgan fingerprint density at radius 1 is 1.08 bits per heavy atom. The highest BCUT2D eigenvalue weighted by Crippen LogP contribution is 2.37. The Hall–Kier alpha value is -1.07. The summed E-state index contributed by atoms with van der Waals surface area (Å²) in [5.74, 6) is 0.864. The zero-order chi connectivity index (χ0) is 18.1. The minimum absolute atomic E-state index is 0.310. The lowest BCUT2D eigenvalue weighted by atomic mass is 9.79. The Morgan fingerprint density at radius 2 is 1.64 bits per heavy atom. The van der Waals surface area contributed by atoms with Crippen LogP contribution in [0.25, 0.3) is 0 Å². The van der Waals surface area contributed by atoms with Crippen molar-refractivity contribution in [1.29, 1.82) is 0 Å². The van der Waals surface area contributed by atoms with Crippen LogP contribution in [0.15, 0.2) is 24.3 Å². The standard InChI is InChI=1S/C20H29F3N2/c1-15(16-3-5-18(6-4-16)20(21,22)23)17-7-13-25(14-8-17)19(2)9-11-24-12-10-19/h3-6,15,17,24H,7-14H2,1-2H3. The average molecular weight is 354 g/mol. The number of hydrogen-bond donors (Lipinski definition) is 1. The molecule has 0 aromatic heterocycles. The molecule has 0 saturated carbocycles. The smallest absolute Gasteiger partial charge is 0.317 e. The summed E-state index contributed by atoms with van der Waals surface area (Å²) in [6.45, 7) is 8.94. The number of benzene rings is 1. The molecule has 0 radical (unpaired) electrons. The third-order valence-electron chi connectivity index (χ3n) is 6.45. The Labute approximate surface area is 148 Å². The topological polar surface area (TPSA) is 15.3 Å². The van der Waals surface area contributed by atoms with E-state index in [2.05, 4.69) is 24.1 Å². The number of rotatable bonds is 3. The summed E-state index contributed by atoms with van der Waals surface area (Å²) in [5.41, 5.74) is 0.782. The van der Waals surface area contributed by atoms with Crippen LogP contribution in [0.5, 0.6) is 0 Å². The van der Waals surface area contributed by atoms with E-state index in [1.54, 1.807) is 12.1 Å². The quantitative estimate of drug-likeness (QED) is 0.849. The van der Waals surface area contributed by atoms with Gasteiger partial charge in [-0.15, -0.1) is 0 Å². The number of hydrogen-bond acceptors (Lipinski definition) is 2. The number of alkyl halides is 3. The third-order valence-corrected chi connectivity index (χ3v) is 6.45. The van der Waals surface area contributed by atoms with Crippen molar-refractivity contribution in [1.82, 2.24) is 10.2 Å². The summed E-state index contributed by atoms with van der Waals surface area (Å²) < 4.78 is 38.2. The lowest BCUT2D eigenvalue weighted by Gasteiger charge is -2.48. The van der Waals surface area contributed by atoms with Gasteiger partial charge >= 0.3 is 6.18 Å². The summed E-state index contributed by atoms with van der Waals surface area (Å²) in [5, 5.41) is 3.44. The molecule has 2 nitrogen and oxygen atoms in total. The van der Waals surface area contributed by atoms with Crippen molar-refractivity contribution in [3.05, 3.63) is 35.4 Å². The van der Waals surface area contributed by atoms with E-state index in [4.69, 9.17) is 0 Å². The van der Waals surface area contributed by atoms with Crippen molar-refractivity contribution in [2.45, 2.75) is 57.2 Å². The van der Waals surface area contributed by atoms with Crippen molar-refractivity contribution in [3.63, 3.8) is 0 Å². The number of halogens is 3. The molecule has 25 heavy (non-hydrogen) atoms. The van der Waals surface area contributed by atoms with E-state index in [0.717, 1.165) is 44.6 Å². The maximum absolute atomic E-state index is 12.7. The summed E-state index contributed by atoms with van der Waals surface area (Å²) in [6, 6.07) is 5.76. The molecule has 2 heterocycles. The predicted octanol–water partition coefficient (Wildman–Crippen LogP) is 4.66. The average Bonchev–Trinajstić information content (AvgIpc) is 2.61. The Bertz CT molecular complexity index is 553. The van der Waals surface area contributed by atoms with E-state index in [1.165, 1.54) is 25.0 Å². The van der Waals surface area contributed by atoms with Crippen LogP contribution >= 0.6 is 0 Å². The molecule has 0 aliphatic carbocycles. The van der Waals surface area contributed by atoms with Crippen LogP contribution in [0.1, 0.15) is 56.6 Å². The molecule has 3 rings (SSSR count). The fraction of sp³-hybridized carbons (Fsp3) is 0.700. The van der Waals surface area contributed by atoms with Gasteiger partial charge in [0, 0.05) is 5.54 Å². The van der Waals surface area contributed by atoms with Crippen LogP contribution in [0.3, 0.4) is 0 Å². The van der Waals surface area contributed by atoms with Gasteiger partial charge in [-0.25, -0.2) is 0 Å². The molecule has 0 spiro atoms. The van der Waals surface area contributed by atoms with Crippen LogP contribution in [0, 0.1) is 5.92 Å². The fourth-order valence-electron chi connectivity index (χ4n) is 4.47. The van der Waals surface area contributed by atoms with Gasteiger partial charge in [-0.05, 0) is 88.3 Å². The molecule has 140 valence electrons. The van der Waals surface area contributed by atoms with Crippen molar-refractivity contribution in [3.8, 4) is 0 Å². The SMILES string of the molecule is CC(c1ccc(C(F)(F)F)cc1)C1CCN(C2(C)CCNCC2)CC1. The van der Waals surface area contributed by atoms with E-state index in [9.17, 15) is 13.2 Å². The summed E-state index contributed by atoms with van der Waals surface area (Å²) in [7, 11) is 0. The molecule has 2 fully saturated rings. The number of nitrogens with zero attached hydrogens (tertiary/aromatic N) is 1. The lowest BCUT2D eigenvalue weighted by Crippen LogP contribution is -2.55. The zero-order valence-electron chi connectivity index (χ0n) is 15.2. The first-order valence-corrected chi connectivity index (χ1v) is 9.42. The fourth-order valence-corrected chi connectivity index (χ4v) is 4.47. The van der Waals surface area contributed by atoms with Crippen molar-refractivity contribution in [2.75, 3.05) is 26.2 Å². The lowest BCUT2D eigenvalue weighted by molar-refractivity contribution is -0.137. The third kappa shape index (κ3) is 4.20. The molecule has 1 atom stereocenters. The van der Waals surface area contributed by atoms with E-state index >= 15 is 0 Å². The molecule has 1 N–H and O–H groups in total. The molecule has 1 aromatic carbocycles. The Kier molecular flexibility index (Phi) is 5.45. The molecule has 0 amide bonds. The first-order chi connectivity index (χ1) is 11.8. The van der Waals surface area contributed by atoms with Crippen LogP contribution in [0.4, 0.5) is 13.2 Å². The molecular weight excluding hydrogens is 325 g/mol. The van der Waals surface area contributed by atoms with Gasteiger partial charge in [-0.2, -0.15) is 13.2 Å². The molecule has 0 bridgehead atoms. The van der Waals surface area contributed by atoms with Crippen molar-refractivity contribution in [2.24, 2.45) is 5.92 Å². The highest BCUT2D eigenvalue weighted by molar-refractivity contribution is 5.27. The maximum Gasteiger partial charge on any atom is 0.416 e. The number of likely N-dealkylation sites (tertiary alicyclic amines) is 1. The van der Waals surface area contributed by atoms with Gasteiger partial charge in [-0.1, -0.05) is 19.1 Å². The number of piperidine rings is 2. The van der Waals surface area contributed by atoms with E-state index in [1.807, 2.05) is 0 Å². The monoisotopic (exact) mass is 354 g/mol. The highest BCUT2D eigenvalue weighted by atomic mass is 19.4. The second-order valence-electron chi connectivity index (χ2n) is 7.98. The van der Waals surface area contributed by atoms with Crippen LogP contribution in [-0.2, 0) is 6.18 Å². The summed E-state index contributed by atoms with van der Waals surface area (Å²) in [4.78, 5) is 2.64. The van der Waals surface area contributed by atoms with Gasteiger partial charge in [0.05, 0.1) is 5.56 Å². The van der Waals surface area contributed by atoms with Gasteiger partial charge in [0.1, 0.15) is 0 Å². The minimum atomic E-state index is -4.25.